The predicted octanol–water partition coefficient (Wildman–Crippen LogP) is 5.09. The Labute approximate surface area is 159 Å². The van der Waals surface area contributed by atoms with Crippen LogP contribution in [0.15, 0.2) is 53.3 Å². The van der Waals surface area contributed by atoms with Gasteiger partial charge in [0.15, 0.2) is 0 Å². The van der Waals surface area contributed by atoms with E-state index < -0.39 is 0 Å². The van der Waals surface area contributed by atoms with Crippen molar-refractivity contribution in [1.82, 2.24) is 19.4 Å². The molecule has 1 N–H and O–H groups in total. The molecule has 4 aromatic rings. The van der Waals surface area contributed by atoms with Gasteiger partial charge in [-0.2, -0.15) is 4.98 Å². The lowest BCUT2D eigenvalue weighted by Crippen LogP contribution is -2.11. The van der Waals surface area contributed by atoms with Gasteiger partial charge in [-0.1, -0.05) is 22.0 Å². The topological polar surface area (TPSA) is 55.1 Å². The van der Waals surface area contributed by atoms with Crippen LogP contribution >= 0.6 is 15.9 Å². The van der Waals surface area contributed by atoms with E-state index >= 15 is 0 Å². The zero-order valence-electron chi connectivity index (χ0n) is 14.4. The molecule has 1 saturated carbocycles. The minimum absolute atomic E-state index is 0.0563. The first kappa shape index (κ1) is 15.8. The van der Waals surface area contributed by atoms with Crippen LogP contribution in [0.2, 0.25) is 0 Å². The smallest absolute Gasteiger partial charge is 0.236 e. The van der Waals surface area contributed by atoms with Gasteiger partial charge in [-0.3, -0.25) is 9.38 Å². The van der Waals surface area contributed by atoms with E-state index in [9.17, 15) is 0 Å². The highest BCUT2D eigenvalue weighted by atomic mass is 79.9. The summed E-state index contributed by atoms with van der Waals surface area (Å²) in [6, 6.07) is 12.6. The van der Waals surface area contributed by atoms with E-state index in [2.05, 4.69) is 63.5 Å². The van der Waals surface area contributed by atoms with Crippen LogP contribution in [0.3, 0.4) is 0 Å². The molecule has 1 aliphatic carbocycles. The van der Waals surface area contributed by atoms with Gasteiger partial charge in [0.1, 0.15) is 5.82 Å². The summed E-state index contributed by atoms with van der Waals surface area (Å²) in [5, 5.41) is 4.60. The summed E-state index contributed by atoms with van der Waals surface area (Å²) < 4.78 is 3.03. The maximum Gasteiger partial charge on any atom is 0.236 e. The van der Waals surface area contributed by atoms with Crippen LogP contribution in [0.5, 0.6) is 0 Å². The van der Waals surface area contributed by atoms with Gasteiger partial charge in [0, 0.05) is 33.9 Å². The lowest BCUT2D eigenvalue weighted by Gasteiger charge is -2.17. The summed E-state index contributed by atoms with van der Waals surface area (Å²) >= 11 is 3.57. The summed E-state index contributed by atoms with van der Waals surface area (Å²) in [7, 11) is 0. The third-order valence-electron chi connectivity index (χ3n) is 4.89. The van der Waals surface area contributed by atoms with Crippen molar-refractivity contribution < 1.29 is 0 Å². The molecule has 1 atom stereocenters. The van der Waals surface area contributed by atoms with Crippen molar-refractivity contribution in [3.05, 3.63) is 64.7 Å². The second-order valence-corrected chi connectivity index (χ2v) is 7.76. The van der Waals surface area contributed by atoms with Gasteiger partial charge in [0.05, 0.1) is 17.3 Å². The molecule has 0 unspecified atom stereocenters. The highest BCUT2D eigenvalue weighted by molar-refractivity contribution is 9.10. The van der Waals surface area contributed by atoms with E-state index in [0.29, 0.717) is 11.7 Å². The molecule has 1 fully saturated rings. The molecule has 130 valence electrons. The minimum atomic E-state index is 0.0563. The quantitative estimate of drug-likeness (QED) is 0.511. The first-order valence-corrected chi connectivity index (χ1v) is 9.64. The molecule has 3 aromatic heterocycles. The van der Waals surface area contributed by atoms with Gasteiger partial charge in [0.25, 0.3) is 0 Å². The molecule has 0 amide bonds. The van der Waals surface area contributed by atoms with Crippen molar-refractivity contribution >= 4 is 38.4 Å². The fourth-order valence-electron chi connectivity index (χ4n) is 3.34. The Morgan fingerprint density at radius 1 is 1.19 bits per heavy atom. The Morgan fingerprint density at radius 3 is 2.92 bits per heavy atom. The first-order valence-electron chi connectivity index (χ1n) is 8.85. The Balaban J connectivity index is 1.57. The standard InChI is InChI=1S/C20H18BrN5/c1-12(16-3-2-4-17(24-16)13-5-6-13)23-19-15-11-14(21)7-8-18(15)26-10-9-22-20(26)25-19/h2-4,7-13H,5-6H2,1H3,(H,22,23,25)/t12-/m1/s1. The van der Waals surface area contributed by atoms with Crippen LogP contribution in [0, 0.1) is 0 Å². The summed E-state index contributed by atoms with van der Waals surface area (Å²) in [5.74, 6) is 2.17. The Morgan fingerprint density at radius 2 is 2.08 bits per heavy atom. The third kappa shape index (κ3) is 2.74. The largest absolute Gasteiger partial charge is 0.361 e. The number of anilines is 1. The summed E-state index contributed by atoms with van der Waals surface area (Å²) in [6.45, 7) is 2.13. The van der Waals surface area contributed by atoms with E-state index in [0.717, 1.165) is 26.9 Å². The number of hydrogen-bond acceptors (Lipinski definition) is 4. The van der Waals surface area contributed by atoms with E-state index in [1.54, 1.807) is 6.20 Å². The van der Waals surface area contributed by atoms with Crippen LogP contribution in [0.4, 0.5) is 5.82 Å². The monoisotopic (exact) mass is 407 g/mol. The van der Waals surface area contributed by atoms with Crippen LogP contribution in [0.1, 0.15) is 43.1 Å². The average molecular weight is 408 g/mol. The highest BCUT2D eigenvalue weighted by Gasteiger charge is 2.25. The average Bonchev–Trinajstić information content (AvgIpc) is 3.40. The molecule has 5 nitrogen and oxygen atoms in total. The van der Waals surface area contributed by atoms with E-state index in [4.69, 9.17) is 9.97 Å². The SMILES string of the molecule is C[C@@H](Nc1nc2nccn2c2ccc(Br)cc12)c1cccc(C2CC2)n1. The molecular formula is C20H18BrN5. The third-order valence-corrected chi connectivity index (χ3v) is 5.38. The number of nitrogens with one attached hydrogen (secondary N) is 1. The fourth-order valence-corrected chi connectivity index (χ4v) is 3.70. The second-order valence-electron chi connectivity index (χ2n) is 6.85. The van der Waals surface area contributed by atoms with Gasteiger partial charge in [-0.05, 0) is 50.1 Å². The zero-order valence-corrected chi connectivity index (χ0v) is 15.9. The molecule has 1 aliphatic rings. The van der Waals surface area contributed by atoms with Gasteiger partial charge in [0.2, 0.25) is 5.78 Å². The van der Waals surface area contributed by atoms with Crippen LogP contribution in [-0.4, -0.2) is 19.4 Å². The molecule has 6 heteroatoms. The lowest BCUT2D eigenvalue weighted by atomic mass is 10.1. The van der Waals surface area contributed by atoms with Crippen LogP contribution in [0.25, 0.3) is 16.7 Å². The number of benzene rings is 1. The second kappa shape index (κ2) is 6.06. The molecule has 0 spiro atoms. The van der Waals surface area contributed by atoms with Gasteiger partial charge < -0.3 is 5.32 Å². The first-order chi connectivity index (χ1) is 12.7. The Kier molecular flexibility index (Phi) is 3.67. The molecule has 1 aromatic carbocycles. The van der Waals surface area contributed by atoms with Crippen molar-refractivity contribution in [2.24, 2.45) is 0 Å². The highest BCUT2D eigenvalue weighted by Crippen LogP contribution is 2.39. The summed E-state index contributed by atoms with van der Waals surface area (Å²) in [4.78, 5) is 14.0. The number of halogens is 1. The number of fused-ring (bicyclic) bond motifs is 3. The molecule has 0 radical (unpaired) electrons. The van der Waals surface area contributed by atoms with Crippen molar-refractivity contribution in [2.45, 2.75) is 31.7 Å². The molecule has 0 saturated heterocycles. The van der Waals surface area contributed by atoms with E-state index in [1.165, 1.54) is 18.5 Å². The Bertz CT molecular complexity index is 1120. The van der Waals surface area contributed by atoms with E-state index in [-0.39, 0.29) is 6.04 Å². The fraction of sp³-hybridized carbons (Fsp3) is 0.250. The number of nitrogens with zero attached hydrogens (tertiary/aromatic N) is 4. The van der Waals surface area contributed by atoms with E-state index in [1.807, 2.05) is 16.7 Å². The lowest BCUT2D eigenvalue weighted by molar-refractivity contribution is 0.815. The maximum absolute atomic E-state index is 4.86. The summed E-state index contributed by atoms with van der Waals surface area (Å²) in [5.41, 5.74) is 3.33. The number of imidazole rings is 1. The van der Waals surface area contributed by atoms with Gasteiger partial charge in [-0.25, -0.2) is 4.98 Å². The van der Waals surface area contributed by atoms with Crippen molar-refractivity contribution in [2.75, 3.05) is 5.32 Å². The molecular weight excluding hydrogens is 390 g/mol. The number of pyridine rings is 1. The number of aromatic nitrogens is 4. The van der Waals surface area contributed by atoms with Gasteiger partial charge in [-0.15, -0.1) is 0 Å². The molecule has 26 heavy (non-hydrogen) atoms. The zero-order chi connectivity index (χ0) is 17.7. The normalized spacial score (nSPS) is 15.5. The number of rotatable bonds is 4. The minimum Gasteiger partial charge on any atom is -0.361 e. The molecule has 0 aliphatic heterocycles. The molecule has 5 rings (SSSR count). The van der Waals surface area contributed by atoms with Gasteiger partial charge >= 0.3 is 0 Å². The predicted molar refractivity (Wildman–Crippen MR) is 106 cm³/mol. The number of hydrogen-bond donors (Lipinski definition) is 1. The van der Waals surface area contributed by atoms with Crippen LogP contribution in [-0.2, 0) is 0 Å². The maximum atomic E-state index is 4.86. The van der Waals surface area contributed by atoms with Crippen molar-refractivity contribution in [1.29, 1.82) is 0 Å². The van der Waals surface area contributed by atoms with Crippen molar-refractivity contribution in [3.8, 4) is 0 Å². The Hall–Kier alpha value is -2.47. The summed E-state index contributed by atoms with van der Waals surface area (Å²) in [6.07, 6.45) is 6.23. The molecule has 3 heterocycles. The molecule has 0 bridgehead atoms. The van der Waals surface area contributed by atoms with Crippen LogP contribution < -0.4 is 5.32 Å². The van der Waals surface area contributed by atoms with Crippen molar-refractivity contribution in [3.63, 3.8) is 0 Å².